The first-order chi connectivity index (χ1) is 17.4. The van der Waals surface area contributed by atoms with Crippen molar-refractivity contribution in [3.8, 4) is 22.5 Å². The molecule has 0 saturated carbocycles. The highest BCUT2D eigenvalue weighted by Gasteiger charge is 2.22. The fourth-order valence-electron chi connectivity index (χ4n) is 4.75. The minimum atomic E-state index is -0.921. The lowest BCUT2D eigenvalue weighted by atomic mass is 9.93. The zero-order valence-electron chi connectivity index (χ0n) is 21.5. The Bertz CT molecular complexity index is 1430. The van der Waals surface area contributed by atoms with Crippen LogP contribution in [-0.2, 0) is 0 Å². The van der Waals surface area contributed by atoms with Gasteiger partial charge >= 0.3 is 5.97 Å². The van der Waals surface area contributed by atoms with Crippen molar-refractivity contribution in [3.05, 3.63) is 65.5 Å². The number of hydrogen-bond acceptors (Lipinski definition) is 5. The van der Waals surface area contributed by atoms with Gasteiger partial charge in [-0.2, -0.15) is 0 Å². The van der Waals surface area contributed by atoms with Crippen molar-refractivity contribution in [2.75, 3.05) is 37.3 Å². The van der Waals surface area contributed by atoms with Gasteiger partial charge in [0.15, 0.2) is 0 Å². The average Bonchev–Trinajstić information content (AvgIpc) is 2.89. The highest BCUT2D eigenvalue weighted by molar-refractivity contribution is 8.76. The van der Waals surface area contributed by atoms with E-state index < -0.39 is 5.97 Å². The van der Waals surface area contributed by atoms with Crippen LogP contribution in [0.3, 0.4) is 0 Å². The maximum absolute atomic E-state index is 11.7. The third kappa shape index (κ3) is 5.00. The molecule has 2 aliphatic rings. The molecule has 0 amide bonds. The summed E-state index contributed by atoms with van der Waals surface area (Å²) in [7, 11) is 3.19. The fourth-order valence-corrected chi connectivity index (χ4v) is 6.32. The number of rotatable bonds is 9. The average molecular weight is 522 g/mol. The molecule has 0 unspecified atom stereocenters. The molecule has 2 aromatic rings. The normalized spacial score (nSPS) is 11.2. The predicted octanol–water partition coefficient (Wildman–Crippen LogP) is 6.93. The van der Waals surface area contributed by atoms with Gasteiger partial charge in [0.25, 0.3) is 0 Å². The highest BCUT2D eigenvalue weighted by atomic mass is 33.1. The van der Waals surface area contributed by atoms with Gasteiger partial charge in [0.1, 0.15) is 24.4 Å². The van der Waals surface area contributed by atoms with Crippen LogP contribution >= 0.6 is 21.6 Å². The van der Waals surface area contributed by atoms with Crippen LogP contribution in [-0.4, -0.2) is 43.5 Å². The number of carboxylic acid groups (broad SMARTS) is 1. The van der Waals surface area contributed by atoms with E-state index in [0.29, 0.717) is 0 Å². The summed E-state index contributed by atoms with van der Waals surface area (Å²) < 4.78 is 8.88. The molecule has 0 atom stereocenters. The van der Waals surface area contributed by atoms with Crippen molar-refractivity contribution in [2.24, 2.45) is 0 Å². The summed E-state index contributed by atoms with van der Waals surface area (Å²) in [5.74, 6) is -0.101. The van der Waals surface area contributed by atoms with Crippen LogP contribution in [0.1, 0.15) is 38.1 Å². The lowest BCUT2D eigenvalue weighted by Gasteiger charge is -2.22. The second-order valence-electron chi connectivity index (χ2n) is 8.45. The van der Waals surface area contributed by atoms with Crippen molar-refractivity contribution in [2.45, 2.75) is 32.6 Å². The maximum atomic E-state index is 11.7. The van der Waals surface area contributed by atoms with Crippen LogP contribution in [0.15, 0.2) is 63.9 Å². The first-order valence-corrected chi connectivity index (χ1v) is 14.9. The molecule has 2 aromatic carbocycles. The van der Waals surface area contributed by atoms with Crippen LogP contribution in [0.2, 0.25) is 0 Å². The topological polar surface area (TPSA) is 56.7 Å². The highest BCUT2D eigenvalue weighted by Crippen LogP contribution is 2.45. The van der Waals surface area contributed by atoms with Crippen LogP contribution in [0, 0.1) is 0 Å². The first-order valence-electron chi connectivity index (χ1n) is 12.4. The standard InChI is InChI=1S/C29H32N2O3S2/c1-6-30(7-2)20-11-14-22-25(17-20)34-26-18-21(31(8-3)9-4)12-15-23(26)28(22)24-13-10-19(29(32)33)16-27(24)36-35-5/h10-18H,6-9H2,1-5H3/p+1. The summed E-state index contributed by atoms with van der Waals surface area (Å²) in [5, 5.41) is 11.7. The minimum Gasteiger partial charge on any atom is -0.478 e. The van der Waals surface area contributed by atoms with E-state index in [1.807, 2.05) is 12.3 Å². The molecule has 1 aliphatic heterocycles. The summed E-state index contributed by atoms with van der Waals surface area (Å²) in [6.07, 6.45) is 2.01. The summed E-state index contributed by atoms with van der Waals surface area (Å²) in [6.45, 7) is 12.3. The van der Waals surface area contributed by atoms with Gasteiger partial charge in [0.2, 0.25) is 5.36 Å². The largest absolute Gasteiger partial charge is 0.478 e. The first kappa shape index (κ1) is 26.2. The molecule has 188 valence electrons. The Hall–Kier alpha value is -2.90. The Morgan fingerprint density at radius 1 is 0.944 bits per heavy atom. The molecule has 36 heavy (non-hydrogen) atoms. The third-order valence-corrected chi connectivity index (χ3v) is 8.34. The van der Waals surface area contributed by atoms with Crippen molar-refractivity contribution in [1.29, 1.82) is 0 Å². The van der Waals surface area contributed by atoms with Crippen LogP contribution < -0.4 is 14.8 Å². The Balaban J connectivity index is 2.11. The summed E-state index contributed by atoms with van der Waals surface area (Å²) in [4.78, 5) is 14.9. The molecular weight excluding hydrogens is 488 g/mol. The van der Waals surface area contributed by atoms with E-state index in [0.717, 1.165) is 75.5 Å². The van der Waals surface area contributed by atoms with Gasteiger partial charge in [-0.15, -0.1) is 0 Å². The quantitative estimate of drug-likeness (QED) is 0.146. The van der Waals surface area contributed by atoms with Crippen LogP contribution in [0.25, 0.3) is 33.4 Å². The zero-order valence-corrected chi connectivity index (χ0v) is 23.1. The molecule has 0 saturated heterocycles. The number of anilines is 1. The van der Waals surface area contributed by atoms with Crippen molar-refractivity contribution in [3.63, 3.8) is 0 Å². The minimum absolute atomic E-state index is 0.289. The van der Waals surface area contributed by atoms with Gasteiger partial charge in [-0.1, -0.05) is 27.7 Å². The van der Waals surface area contributed by atoms with E-state index in [-0.39, 0.29) is 5.56 Å². The van der Waals surface area contributed by atoms with Crippen molar-refractivity contribution >= 4 is 44.2 Å². The smallest absolute Gasteiger partial charge is 0.335 e. The number of carboxylic acids is 1. The van der Waals surface area contributed by atoms with Gasteiger partial charge in [0, 0.05) is 52.3 Å². The SMILES string of the molecule is CCN(CC)c1ccc2c(-c3ccc(C(=O)O)cc3SSC)c3ccc(=[N+](CC)CC)cc-3oc2c1. The lowest BCUT2D eigenvalue weighted by molar-refractivity contribution is 0.0696. The molecule has 1 N–H and O–H groups in total. The number of fused-ring (bicyclic) bond motifs is 2. The molecule has 0 bridgehead atoms. The maximum Gasteiger partial charge on any atom is 0.335 e. The molecule has 0 spiro atoms. The number of aromatic carboxylic acids is 1. The number of nitrogens with zero attached hydrogens (tertiary/aromatic N) is 2. The fraction of sp³-hybridized carbons (Fsp3) is 0.310. The van der Waals surface area contributed by atoms with Crippen molar-refractivity contribution in [1.82, 2.24) is 4.58 Å². The molecule has 4 rings (SSSR count). The van der Waals surface area contributed by atoms with E-state index in [4.69, 9.17) is 4.42 Å². The van der Waals surface area contributed by atoms with Gasteiger partial charge in [-0.05, 0) is 69.8 Å². The second-order valence-corrected chi connectivity index (χ2v) is 10.9. The van der Waals surface area contributed by atoms with E-state index in [9.17, 15) is 9.90 Å². The molecule has 7 heteroatoms. The molecule has 1 aliphatic carbocycles. The van der Waals surface area contributed by atoms with Gasteiger partial charge in [-0.3, -0.25) is 0 Å². The van der Waals surface area contributed by atoms with E-state index >= 15 is 0 Å². The Morgan fingerprint density at radius 3 is 2.31 bits per heavy atom. The second kappa shape index (κ2) is 11.4. The van der Waals surface area contributed by atoms with E-state index in [2.05, 4.69) is 73.6 Å². The zero-order chi connectivity index (χ0) is 25.8. The Kier molecular flexibility index (Phi) is 8.32. The third-order valence-electron chi connectivity index (χ3n) is 6.62. The summed E-state index contributed by atoms with van der Waals surface area (Å²) >= 11 is 0. The Morgan fingerprint density at radius 2 is 1.67 bits per heavy atom. The summed E-state index contributed by atoms with van der Waals surface area (Å²) in [5.41, 5.74) is 5.33. The number of hydrogen-bond donors (Lipinski definition) is 1. The monoisotopic (exact) mass is 521 g/mol. The van der Waals surface area contributed by atoms with Gasteiger partial charge in [-0.25, -0.2) is 9.37 Å². The molecular formula is C29H33N2O3S2+. The number of carbonyl (C=O) groups is 1. The van der Waals surface area contributed by atoms with E-state index in [1.165, 1.54) is 0 Å². The molecule has 0 radical (unpaired) electrons. The lowest BCUT2D eigenvalue weighted by Crippen LogP contribution is -2.29. The molecule has 0 aromatic heterocycles. The molecule has 0 fully saturated rings. The number of benzene rings is 3. The summed E-state index contributed by atoms with van der Waals surface area (Å²) in [6, 6.07) is 18.2. The molecule has 5 nitrogen and oxygen atoms in total. The predicted molar refractivity (Wildman–Crippen MR) is 155 cm³/mol. The molecule has 1 heterocycles. The van der Waals surface area contributed by atoms with Crippen LogP contribution in [0.5, 0.6) is 0 Å². The Labute approximate surface area is 220 Å². The van der Waals surface area contributed by atoms with Gasteiger partial charge < -0.3 is 14.4 Å². The van der Waals surface area contributed by atoms with Crippen molar-refractivity contribution < 1.29 is 14.3 Å². The van der Waals surface area contributed by atoms with Gasteiger partial charge in [0.05, 0.1) is 11.6 Å². The van der Waals surface area contributed by atoms with E-state index in [1.54, 1.807) is 33.7 Å². The van der Waals surface area contributed by atoms with Crippen LogP contribution in [0.4, 0.5) is 5.69 Å².